The summed E-state index contributed by atoms with van der Waals surface area (Å²) in [6.45, 7) is 9.19. The summed E-state index contributed by atoms with van der Waals surface area (Å²) in [4.78, 5) is 10.4. The van der Waals surface area contributed by atoms with Crippen LogP contribution in [0.5, 0.6) is 0 Å². The molecule has 2 nitrogen and oxygen atoms in total. The molecule has 0 aliphatic heterocycles. The molecule has 0 heterocycles. The lowest BCUT2D eigenvalue weighted by atomic mass is 9.98. The molecule has 0 aliphatic rings. The van der Waals surface area contributed by atoms with Crippen molar-refractivity contribution in [3.05, 3.63) is 0 Å². The van der Waals surface area contributed by atoms with Gasteiger partial charge in [-0.25, -0.2) is 0 Å². The normalized spacial score (nSPS) is 12.1. The molecular formula is C9H18O2. The van der Waals surface area contributed by atoms with E-state index in [1.807, 2.05) is 13.8 Å². The summed E-state index contributed by atoms with van der Waals surface area (Å²) in [5.41, 5.74) is -0.325. The third-order valence-corrected chi connectivity index (χ3v) is 1.24. The molecule has 0 aromatic rings. The fourth-order valence-corrected chi connectivity index (χ4v) is 0.592. The van der Waals surface area contributed by atoms with Gasteiger partial charge in [0.05, 0.1) is 6.61 Å². The van der Waals surface area contributed by atoms with E-state index >= 15 is 0 Å². The van der Waals surface area contributed by atoms with Crippen LogP contribution < -0.4 is 0 Å². The maximum absolute atomic E-state index is 10.4. The number of carbonyl (C=O) groups is 1. The van der Waals surface area contributed by atoms with Crippen molar-refractivity contribution in [1.29, 1.82) is 0 Å². The second-order valence-electron chi connectivity index (χ2n) is 4.02. The maximum atomic E-state index is 10.4. The first-order valence-electron chi connectivity index (χ1n) is 4.02. The predicted octanol–water partition coefficient (Wildman–Crippen LogP) is 1.88. The lowest BCUT2D eigenvalue weighted by Crippen LogP contribution is -2.22. The minimum atomic E-state index is -0.325. The number of carbonyl (C=O) groups excluding carboxylic acids is 1. The van der Waals surface area contributed by atoms with Crippen LogP contribution in [0.15, 0.2) is 0 Å². The van der Waals surface area contributed by atoms with Crippen molar-refractivity contribution < 1.29 is 9.53 Å². The van der Waals surface area contributed by atoms with Crippen molar-refractivity contribution in [2.75, 3.05) is 13.2 Å². The Morgan fingerprint density at radius 2 is 2.00 bits per heavy atom. The Balaban J connectivity index is 3.45. The quantitative estimate of drug-likeness (QED) is 0.571. The van der Waals surface area contributed by atoms with Gasteiger partial charge in [0, 0.05) is 12.0 Å². The third kappa shape index (κ3) is 6.05. The van der Waals surface area contributed by atoms with E-state index in [0.29, 0.717) is 12.5 Å². The second-order valence-corrected chi connectivity index (χ2v) is 4.02. The molecule has 0 spiro atoms. The van der Waals surface area contributed by atoms with Crippen LogP contribution in [0.25, 0.3) is 0 Å². The van der Waals surface area contributed by atoms with E-state index in [0.717, 1.165) is 12.9 Å². The first-order chi connectivity index (χ1) is 4.98. The molecule has 0 bridgehead atoms. The summed E-state index contributed by atoms with van der Waals surface area (Å²) >= 11 is 0. The fraction of sp³-hybridized carbons (Fsp3) is 0.889. The third-order valence-electron chi connectivity index (χ3n) is 1.24. The molecule has 0 radical (unpaired) electrons. The molecular weight excluding hydrogens is 140 g/mol. The lowest BCUT2D eigenvalue weighted by molar-refractivity contribution is -0.117. The Hall–Kier alpha value is -0.370. The van der Waals surface area contributed by atoms with E-state index < -0.39 is 0 Å². The number of hydrogen-bond donors (Lipinski definition) is 0. The Morgan fingerprint density at radius 3 is 2.36 bits per heavy atom. The molecule has 66 valence electrons. The van der Waals surface area contributed by atoms with Gasteiger partial charge >= 0.3 is 0 Å². The second kappa shape index (κ2) is 4.50. The number of aldehydes is 1. The van der Waals surface area contributed by atoms with Gasteiger partial charge in [-0.15, -0.1) is 0 Å². The van der Waals surface area contributed by atoms with Gasteiger partial charge in [0.15, 0.2) is 0 Å². The van der Waals surface area contributed by atoms with Gasteiger partial charge in [-0.3, -0.25) is 0 Å². The van der Waals surface area contributed by atoms with Crippen LogP contribution in [-0.2, 0) is 9.53 Å². The zero-order valence-electron chi connectivity index (χ0n) is 7.89. The van der Waals surface area contributed by atoms with E-state index in [-0.39, 0.29) is 5.41 Å². The molecule has 0 N–H and O–H groups in total. The Labute approximate surface area is 68.9 Å². The zero-order valence-corrected chi connectivity index (χ0v) is 7.89. The van der Waals surface area contributed by atoms with Crippen LogP contribution in [0, 0.1) is 11.3 Å². The number of hydrogen-bond acceptors (Lipinski definition) is 2. The number of ether oxygens (including phenoxy) is 1. The van der Waals surface area contributed by atoms with Crippen molar-refractivity contribution in [1.82, 2.24) is 0 Å². The molecule has 0 rings (SSSR count). The van der Waals surface area contributed by atoms with E-state index in [9.17, 15) is 4.79 Å². The molecule has 0 amide bonds. The molecule has 0 aliphatic carbocycles. The molecule has 0 aromatic carbocycles. The summed E-state index contributed by atoms with van der Waals surface area (Å²) in [5, 5.41) is 0. The van der Waals surface area contributed by atoms with Gasteiger partial charge in [-0.05, 0) is 5.92 Å². The van der Waals surface area contributed by atoms with E-state index in [1.165, 1.54) is 0 Å². The van der Waals surface area contributed by atoms with E-state index in [4.69, 9.17) is 4.74 Å². The zero-order chi connectivity index (χ0) is 8.91. The van der Waals surface area contributed by atoms with Gasteiger partial charge in [0.25, 0.3) is 0 Å². The average Bonchev–Trinajstić information content (AvgIpc) is 1.87. The fourth-order valence-electron chi connectivity index (χ4n) is 0.592. The largest absolute Gasteiger partial charge is 0.380 e. The van der Waals surface area contributed by atoms with Gasteiger partial charge in [-0.1, -0.05) is 27.7 Å². The van der Waals surface area contributed by atoms with Gasteiger partial charge < -0.3 is 9.53 Å². The maximum Gasteiger partial charge on any atom is 0.127 e. The van der Waals surface area contributed by atoms with Gasteiger partial charge in [0.1, 0.15) is 6.29 Å². The van der Waals surface area contributed by atoms with Crippen molar-refractivity contribution in [3.8, 4) is 0 Å². The Morgan fingerprint density at radius 1 is 1.45 bits per heavy atom. The highest BCUT2D eigenvalue weighted by Crippen LogP contribution is 2.11. The van der Waals surface area contributed by atoms with E-state index in [2.05, 4.69) is 13.8 Å². The minimum absolute atomic E-state index is 0.325. The van der Waals surface area contributed by atoms with Crippen LogP contribution in [0.4, 0.5) is 0 Å². The number of rotatable bonds is 5. The highest BCUT2D eigenvalue weighted by molar-refractivity contribution is 5.57. The first-order valence-corrected chi connectivity index (χ1v) is 4.02. The monoisotopic (exact) mass is 158 g/mol. The Kier molecular flexibility index (Phi) is 4.34. The first kappa shape index (κ1) is 10.6. The summed E-state index contributed by atoms with van der Waals surface area (Å²) in [5.74, 6) is 0.539. The molecule has 0 unspecified atom stereocenters. The summed E-state index contributed by atoms with van der Waals surface area (Å²) < 4.78 is 5.32. The summed E-state index contributed by atoms with van der Waals surface area (Å²) in [6.07, 6.45) is 0.938. The molecule has 0 fully saturated rings. The predicted molar refractivity (Wildman–Crippen MR) is 45.5 cm³/mol. The van der Waals surface area contributed by atoms with E-state index in [1.54, 1.807) is 0 Å². The topological polar surface area (TPSA) is 26.3 Å². The van der Waals surface area contributed by atoms with Crippen LogP contribution in [0.2, 0.25) is 0 Å². The van der Waals surface area contributed by atoms with Crippen LogP contribution in [-0.4, -0.2) is 19.5 Å². The lowest BCUT2D eigenvalue weighted by Gasteiger charge is -2.17. The van der Waals surface area contributed by atoms with Crippen LogP contribution in [0.1, 0.15) is 27.7 Å². The van der Waals surface area contributed by atoms with Gasteiger partial charge in [-0.2, -0.15) is 0 Å². The minimum Gasteiger partial charge on any atom is -0.380 e. The average molecular weight is 158 g/mol. The summed E-state index contributed by atoms with van der Waals surface area (Å²) in [6, 6.07) is 0. The van der Waals surface area contributed by atoms with Crippen molar-refractivity contribution in [3.63, 3.8) is 0 Å². The molecule has 0 atom stereocenters. The smallest absolute Gasteiger partial charge is 0.127 e. The molecule has 2 heteroatoms. The van der Waals surface area contributed by atoms with Crippen LogP contribution in [0.3, 0.4) is 0 Å². The van der Waals surface area contributed by atoms with Crippen LogP contribution >= 0.6 is 0 Å². The van der Waals surface area contributed by atoms with Gasteiger partial charge in [0.2, 0.25) is 0 Å². The molecule has 0 aromatic heterocycles. The Bertz CT molecular complexity index is 117. The molecule has 11 heavy (non-hydrogen) atoms. The highest BCUT2D eigenvalue weighted by atomic mass is 16.5. The molecule has 0 saturated carbocycles. The summed E-state index contributed by atoms with van der Waals surface area (Å²) in [7, 11) is 0. The van der Waals surface area contributed by atoms with Crippen molar-refractivity contribution in [2.24, 2.45) is 11.3 Å². The SMILES string of the molecule is CC(C)COCC(C)(C)C=O. The highest BCUT2D eigenvalue weighted by Gasteiger charge is 2.16. The van der Waals surface area contributed by atoms with Crippen molar-refractivity contribution in [2.45, 2.75) is 27.7 Å². The van der Waals surface area contributed by atoms with Crippen molar-refractivity contribution >= 4 is 6.29 Å². The molecule has 0 saturated heterocycles. The standard InChI is InChI=1S/C9H18O2/c1-8(2)5-11-7-9(3,4)6-10/h6,8H,5,7H2,1-4H3.